The van der Waals surface area contributed by atoms with Crippen LogP contribution in [-0.2, 0) is 21.6 Å². The van der Waals surface area contributed by atoms with Gasteiger partial charge in [-0.05, 0) is 56.5 Å². The predicted octanol–water partition coefficient (Wildman–Crippen LogP) is 6.39. The average molecular weight is 447 g/mol. The zero-order valence-electron chi connectivity index (χ0n) is 16.9. The van der Waals surface area contributed by atoms with Gasteiger partial charge in [-0.2, -0.15) is 0 Å². The van der Waals surface area contributed by atoms with Crippen LogP contribution in [0.3, 0.4) is 0 Å². The van der Waals surface area contributed by atoms with E-state index in [4.69, 9.17) is 11.6 Å². The average Bonchev–Trinajstić information content (AvgIpc) is 3.44. The van der Waals surface area contributed by atoms with Crippen LogP contribution in [0.25, 0.3) is 0 Å². The molecule has 0 saturated heterocycles. The van der Waals surface area contributed by atoms with E-state index in [0.717, 1.165) is 47.3 Å². The van der Waals surface area contributed by atoms with Crippen molar-refractivity contribution in [1.82, 2.24) is 0 Å². The monoisotopic (exact) mass is 446 g/mol. The third-order valence-corrected chi connectivity index (χ3v) is 10.0. The zero-order valence-corrected chi connectivity index (χ0v) is 19.3. The van der Waals surface area contributed by atoms with Crippen molar-refractivity contribution in [3.63, 3.8) is 0 Å². The predicted molar refractivity (Wildman–Crippen MR) is 122 cm³/mol. The number of halogens is 1. The molecule has 2 saturated carbocycles. The standard InChI is InChI=1S/C24H27ClO2S2/c1-17-7-11-19(12-8-17)28(26)22-21(24(22)15-5-3-4-6-16-24)23(25)29(27)20-13-9-18(2)10-14-20/h7-14,22H,3-6,15-16H2,1-2H3/b23-21-. The van der Waals surface area contributed by atoms with E-state index in [0.29, 0.717) is 9.26 Å². The first-order valence-corrected chi connectivity index (χ1v) is 13.0. The van der Waals surface area contributed by atoms with Crippen LogP contribution in [0.2, 0.25) is 0 Å². The topological polar surface area (TPSA) is 34.1 Å². The van der Waals surface area contributed by atoms with Gasteiger partial charge in [-0.1, -0.05) is 72.7 Å². The van der Waals surface area contributed by atoms with E-state index < -0.39 is 21.6 Å². The molecule has 0 N–H and O–H groups in total. The van der Waals surface area contributed by atoms with Gasteiger partial charge >= 0.3 is 0 Å². The Morgan fingerprint density at radius 2 is 1.31 bits per heavy atom. The van der Waals surface area contributed by atoms with Crippen LogP contribution < -0.4 is 0 Å². The largest absolute Gasteiger partial charge is 0.254 e. The second-order valence-electron chi connectivity index (χ2n) is 8.33. The molecule has 0 amide bonds. The summed E-state index contributed by atoms with van der Waals surface area (Å²) in [6.45, 7) is 4.04. The summed E-state index contributed by atoms with van der Waals surface area (Å²) in [4.78, 5) is 1.55. The summed E-state index contributed by atoms with van der Waals surface area (Å²) >= 11 is 6.78. The van der Waals surface area contributed by atoms with Gasteiger partial charge in [0.05, 0.1) is 26.8 Å². The summed E-state index contributed by atoms with van der Waals surface area (Å²) in [7, 11) is -2.60. The number of aryl methyl sites for hydroxylation is 2. The van der Waals surface area contributed by atoms with E-state index in [1.54, 1.807) is 0 Å². The maximum atomic E-state index is 13.5. The second kappa shape index (κ2) is 8.49. The highest BCUT2D eigenvalue weighted by Gasteiger charge is 2.64. The van der Waals surface area contributed by atoms with E-state index in [9.17, 15) is 8.42 Å². The number of hydrogen-bond donors (Lipinski definition) is 0. The molecule has 2 aliphatic carbocycles. The van der Waals surface area contributed by atoms with Crippen LogP contribution in [0.15, 0.2) is 68.3 Å². The zero-order chi connectivity index (χ0) is 20.6. The summed E-state index contributed by atoms with van der Waals surface area (Å²) in [5.74, 6) is 0. The summed E-state index contributed by atoms with van der Waals surface area (Å²) in [6.07, 6.45) is 6.63. The minimum Gasteiger partial charge on any atom is -0.254 e. The SMILES string of the molecule is Cc1ccc(S(=O)/C(Cl)=C2/C(S(=O)c3ccc(C)cc3)C23CCCCCC3)cc1. The van der Waals surface area contributed by atoms with E-state index in [1.165, 1.54) is 12.8 Å². The number of rotatable bonds is 4. The Kier molecular flexibility index (Phi) is 6.15. The van der Waals surface area contributed by atoms with Gasteiger partial charge in [-0.25, -0.2) is 4.21 Å². The molecule has 3 atom stereocenters. The van der Waals surface area contributed by atoms with E-state index in [2.05, 4.69) is 0 Å². The quantitative estimate of drug-likeness (QED) is 0.545. The van der Waals surface area contributed by atoms with Crippen molar-refractivity contribution in [2.45, 2.75) is 67.4 Å². The molecule has 4 rings (SSSR count). The van der Waals surface area contributed by atoms with Crippen LogP contribution in [0.1, 0.15) is 49.7 Å². The molecule has 0 radical (unpaired) electrons. The van der Waals surface area contributed by atoms with E-state index in [-0.39, 0.29) is 10.7 Å². The van der Waals surface area contributed by atoms with Gasteiger partial charge in [0.1, 0.15) is 4.36 Å². The molecule has 1 spiro atoms. The highest BCUT2D eigenvalue weighted by Crippen LogP contribution is 2.65. The van der Waals surface area contributed by atoms with Gasteiger partial charge in [-0.3, -0.25) is 4.21 Å². The van der Waals surface area contributed by atoms with Gasteiger partial charge in [-0.15, -0.1) is 0 Å². The molecular weight excluding hydrogens is 420 g/mol. The first-order valence-electron chi connectivity index (χ1n) is 10.3. The lowest BCUT2D eigenvalue weighted by Gasteiger charge is -2.13. The molecule has 2 aromatic rings. The Hall–Kier alpha value is -1.23. The smallest absolute Gasteiger partial charge is 0.111 e. The minimum atomic E-state index is -1.42. The van der Waals surface area contributed by atoms with Crippen molar-refractivity contribution >= 4 is 33.2 Å². The van der Waals surface area contributed by atoms with Crippen LogP contribution in [0, 0.1) is 19.3 Å². The first kappa shape index (κ1) is 21.0. The highest BCUT2D eigenvalue weighted by atomic mass is 35.5. The maximum Gasteiger partial charge on any atom is 0.111 e. The highest BCUT2D eigenvalue weighted by molar-refractivity contribution is 7.91. The fourth-order valence-corrected chi connectivity index (χ4v) is 8.32. The lowest BCUT2D eigenvalue weighted by molar-refractivity contribution is 0.464. The van der Waals surface area contributed by atoms with Gasteiger partial charge < -0.3 is 0 Å². The van der Waals surface area contributed by atoms with Gasteiger partial charge in [0.15, 0.2) is 0 Å². The molecule has 0 aliphatic heterocycles. The summed E-state index contributed by atoms with van der Waals surface area (Å²) < 4.78 is 27.2. The first-order chi connectivity index (χ1) is 13.9. The van der Waals surface area contributed by atoms with Crippen LogP contribution in [-0.4, -0.2) is 13.7 Å². The third kappa shape index (κ3) is 4.04. The maximum absolute atomic E-state index is 13.5. The van der Waals surface area contributed by atoms with E-state index >= 15 is 0 Å². The molecule has 2 fully saturated rings. The molecule has 154 valence electrons. The third-order valence-electron chi connectivity index (χ3n) is 6.29. The fraction of sp³-hybridized carbons (Fsp3) is 0.417. The lowest BCUT2D eigenvalue weighted by Crippen LogP contribution is -2.10. The molecular formula is C24H27ClO2S2. The Bertz CT molecular complexity index is 969. The molecule has 0 aromatic heterocycles. The summed E-state index contributed by atoms with van der Waals surface area (Å²) in [5, 5.41) is -0.120. The van der Waals surface area contributed by atoms with Crippen LogP contribution in [0.4, 0.5) is 0 Å². The van der Waals surface area contributed by atoms with Crippen molar-refractivity contribution in [3.8, 4) is 0 Å². The summed E-state index contributed by atoms with van der Waals surface area (Å²) in [5.41, 5.74) is 3.11. The van der Waals surface area contributed by atoms with Crippen molar-refractivity contribution < 1.29 is 8.42 Å². The van der Waals surface area contributed by atoms with Crippen molar-refractivity contribution in [3.05, 3.63) is 69.6 Å². The molecule has 2 aromatic carbocycles. The normalized spacial score (nSPS) is 24.6. The van der Waals surface area contributed by atoms with Gasteiger partial charge in [0.25, 0.3) is 0 Å². The van der Waals surface area contributed by atoms with Crippen LogP contribution >= 0.6 is 11.6 Å². The van der Waals surface area contributed by atoms with Crippen molar-refractivity contribution in [1.29, 1.82) is 0 Å². The van der Waals surface area contributed by atoms with Crippen LogP contribution in [0.5, 0.6) is 0 Å². The summed E-state index contributed by atoms with van der Waals surface area (Å²) in [6, 6.07) is 15.6. The molecule has 5 heteroatoms. The second-order valence-corrected chi connectivity index (χ2v) is 11.9. The van der Waals surface area contributed by atoms with Gasteiger partial charge in [0, 0.05) is 15.2 Å². The van der Waals surface area contributed by atoms with Gasteiger partial charge in [0.2, 0.25) is 0 Å². The Labute approximate surface area is 183 Å². The number of hydrogen-bond acceptors (Lipinski definition) is 2. The van der Waals surface area contributed by atoms with E-state index in [1.807, 2.05) is 62.4 Å². The Balaban J connectivity index is 1.73. The molecule has 2 nitrogen and oxygen atoms in total. The Morgan fingerprint density at radius 3 is 1.83 bits per heavy atom. The molecule has 0 bridgehead atoms. The fourth-order valence-electron chi connectivity index (χ4n) is 4.56. The molecule has 0 heterocycles. The minimum absolute atomic E-state index is 0.120. The Morgan fingerprint density at radius 1 is 0.828 bits per heavy atom. The molecule has 3 unspecified atom stereocenters. The molecule has 29 heavy (non-hydrogen) atoms. The number of benzene rings is 2. The van der Waals surface area contributed by atoms with Crippen molar-refractivity contribution in [2.24, 2.45) is 5.41 Å². The lowest BCUT2D eigenvalue weighted by atomic mass is 9.96. The van der Waals surface area contributed by atoms with Crippen molar-refractivity contribution in [2.75, 3.05) is 0 Å². The molecule has 2 aliphatic rings.